The minimum Gasteiger partial charge on any atom is -0.329 e. The standard InChI is InChI=1S/C22H48N2/c1-4-5-6-7-8-9-10-11-12-13-14-15-16-17-18-19-20-22(21-23)24(2)3/h22H,4-21,23H2,1-3H3. The molecule has 0 fully saturated rings. The van der Waals surface area contributed by atoms with Gasteiger partial charge in [0.15, 0.2) is 0 Å². The molecule has 0 radical (unpaired) electrons. The van der Waals surface area contributed by atoms with Gasteiger partial charge in [0.2, 0.25) is 0 Å². The Morgan fingerprint density at radius 1 is 0.583 bits per heavy atom. The molecule has 0 aliphatic carbocycles. The van der Waals surface area contributed by atoms with E-state index in [1.165, 1.54) is 109 Å². The molecule has 146 valence electrons. The van der Waals surface area contributed by atoms with Crippen LogP contribution in [0.3, 0.4) is 0 Å². The molecule has 0 rings (SSSR count). The van der Waals surface area contributed by atoms with Gasteiger partial charge in [0.25, 0.3) is 0 Å². The number of unbranched alkanes of at least 4 members (excludes halogenated alkanes) is 15. The van der Waals surface area contributed by atoms with Crippen LogP contribution in [0.2, 0.25) is 0 Å². The fraction of sp³-hybridized carbons (Fsp3) is 1.00. The second-order valence-corrected chi connectivity index (χ2v) is 7.95. The van der Waals surface area contributed by atoms with E-state index in [1.54, 1.807) is 0 Å². The van der Waals surface area contributed by atoms with Crippen LogP contribution in [0.4, 0.5) is 0 Å². The van der Waals surface area contributed by atoms with E-state index in [9.17, 15) is 0 Å². The van der Waals surface area contributed by atoms with Gasteiger partial charge in [-0.1, -0.05) is 110 Å². The van der Waals surface area contributed by atoms with Gasteiger partial charge < -0.3 is 10.6 Å². The molecule has 2 heteroatoms. The largest absolute Gasteiger partial charge is 0.329 e. The van der Waals surface area contributed by atoms with E-state index in [2.05, 4.69) is 25.9 Å². The first-order valence-electron chi connectivity index (χ1n) is 11.1. The van der Waals surface area contributed by atoms with Gasteiger partial charge in [-0.25, -0.2) is 0 Å². The molecule has 0 aliphatic heterocycles. The van der Waals surface area contributed by atoms with Crippen molar-refractivity contribution in [1.29, 1.82) is 0 Å². The van der Waals surface area contributed by atoms with Crippen molar-refractivity contribution < 1.29 is 0 Å². The molecule has 0 aliphatic rings. The van der Waals surface area contributed by atoms with Crippen molar-refractivity contribution in [3.63, 3.8) is 0 Å². The smallest absolute Gasteiger partial charge is 0.0212 e. The lowest BCUT2D eigenvalue weighted by Crippen LogP contribution is -2.34. The minimum atomic E-state index is 0.580. The summed E-state index contributed by atoms with van der Waals surface area (Å²) in [6.45, 7) is 3.09. The first kappa shape index (κ1) is 23.9. The van der Waals surface area contributed by atoms with Crippen molar-refractivity contribution in [3.05, 3.63) is 0 Å². The highest BCUT2D eigenvalue weighted by Crippen LogP contribution is 2.14. The summed E-state index contributed by atoms with van der Waals surface area (Å²) >= 11 is 0. The second-order valence-electron chi connectivity index (χ2n) is 7.95. The number of nitrogens with zero attached hydrogens (tertiary/aromatic N) is 1. The van der Waals surface area contributed by atoms with Crippen LogP contribution in [0.15, 0.2) is 0 Å². The molecule has 0 bridgehead atoms. The first-order chi connectivity index (χ1) is 11.7. The average Bonchev–Trinajstić information content (AvgIpc) is 2.57. The van der Waals surface area contributed by atoms with Crippen LogP contribution in [0.5, 0.6) is 0 Å². The van der Waals surface area contributed by atoms with Gasteiger partial charge in [-0.2, -0.15) is 0 Å². The zero-order valence-corrected chi connectivity index (χ0v) is 17.3. The van der Waals surface area contributed by atoms with E-state index in [1.807, 2.05) is 0 Å². The normalized spacial score (nSPS) is 12.9. The van der Waals surface area contributed by atoms with Crippen LogP contribution in [-0.2, 0) is 0 Å². The molecule has 0 saturated carbocycles. The van der Waals surface area contributed by atoms with Gasteiger partial charge in [-0.15, -0.1) is 0 Å². The molecule has 0 aromatic rings. The first-order valence-corrected chi connectivity index (χ1v) is 11.1. The Kier molecular flexibility index (Phi) is 19.2. The summed E-state index contributed by atoms with van der Waals surface area (Å²) in [4.78, 5) is 2.27. The van der Waals surface area contributed by atoms with Crippen molar-refractivity contribution in [3.8, 4) is 0 Å². The maximum Gasteiger partial charge on any atom is 0.0212 e. The number of likely N-dealkylation sites (N-methyl/N-ethyl adjacent to an activating group) is 1. The maximum absolute atomic E-state index is 5.80. The number of rotatable bonds is 19. The minimum absolute atomic E-state index is 0.580. The lowest BCUT2D eigenvalue weighted by Gasteiger charge is -2.22. The summed E-state index contributed by atoms with van der Waals surface area (Å²) in [5.74, 6) is 0. The second kappa shape index (κ2) is 19.2. The summed E-state index contributed by atoms with van der Waals surface area (Å²) in [6, 6.07) is 0.580. The van der Waals surface area contributed by atoms with Crippen LogP contribution < -0.4 is 5.73 Å². The van der Waals surface area contributed by atoms with Gasteiger partial charge in [0.1, 0.15) is 0 Å². The number of hydrogen-bond donors (Lipinski definition) is 1. The van der Waals surface area contributed by atoms with E-state index < -0.39 is 0 Å². The highest BCUT2D eigenvalue weighted by molar-refractivity contribution is 4.66. The molecule has 2 nitrogen and oxygen atoms in total. The zero-order chi connectivity index (χ0) is 17.9. The fourth-order valence-corrected chi connectivity index (χ4v) is 3.51. The van der Waals surface area contributed by atoms with Crippen LogP contribution in [-0.4, -0.2) is 31.6 Å². The summed E-state index contributed by atoms with van der Waals surface area (Å²) < 4.78 is 0. The third kappa shape index (κ3) is 16.8. The van der Waals surface area contributed by atoms with E-state index in [0.717, 1.165) is 6.54 Å². The highest BCUT2D eigenvalue weighted by atomic mass is 15.1. The molecule has 0 aromatic heterocycles. The summed E-state index contributed by atoms with van der Waals surface area (Å²) in [5.41, 5.74) is 5.80. The maximum atomic E-state index is 5.80. The van der Waals surface area contributed by atoms with Crippen molar-refractivity contribution in [2.75, 3.05) is 20.6 Å². The van der Waals surface area contributed by atoms with Crippen molar-refractivity contribution in [2.24, 2.45) is 5.73 Å². The Bertz CT molecular complexity index is 228. The topological polar surface area (TPSA) is 29.3 Å². The molecular weight excluding hydrogens is 292 g/mol. The number of nitrogens with two attached hydrogens (primary N) is 1. The van der Waals surface area contributed by atoms with Crippen molar-refractivity contribution in [2.45, 2.75) is 122 Å². The molecule has 0 spiro atoms. The average molecular weight is 341 g/mol. The molecule has 2 N–H and O–H groups in total. The van der Waals surface area contributed by atoms with E-state index in [4.69, 9.17) is 5.73 Å². The molecule has 0 aromatic carbocycles. The predicted molar refractivity (Wildman–Crippen MR) is 111 cm³/mol. The third-order valence-corrected chi connectivity index (χ3v) is 5.39. The molecule has 0 amide bonds. The Morgan fingerprint density at radius 3 is 1.21 bits per heavy atom. The molecule has 1 unspecified atom stereocenters. The molecule has 24 heavy (non-hydrogen) atoms. The van der Waals surface area contributed by atoms with Crippen LogP contribution >= 0.6 is 0 Å². The quantitative estimate of drug-likeness (QED) is 0.271. The van der Waals surface area contributed by atoms with Crippen LogP contribution in [0.1, 0.15) is 116 Å². The van der Waals surface area contributed by atoms with E-state index in [-0.39, 0.29) is 0 Å². The summed E-state index contributed by atoms with van der Waals surface area (Å²) in [7, 11) is 4.29. The van der Waals surface area contributed by atoms with E-state index >= 15 is 0 Å². The molecule has 1 atom stereocenters. The molecule has 0 saturated heterocycles. The summed E-state index contributed by atoms with van der Waals surface area (Å²) in [5, 5.41) is 0. The Labute approximate surface area is 154 Å². The third-order valence-electron chi connectivity index (χ3n) is 5.39. The van der Waals surface area contributed by atoms with Crippen LogP contribution in [0.25, 0.3) is 0 Å². The molecule has 0 heterocycles. The monoisotopic (exact) mass is 340 g/mol. The van der Waals surface area contributed by atoms with Gasteiger partial charge in [-0.3, -0.25) is 0 Å². The van der Waals surface area contributed by atoms with Gasteiger partial charge in [-0.05, 0) is 20.5 Å². The van der Waals surface area contributed by atoms with Crippen LogP contribution in [0, 0.1) is 0 Å². The van der Waals surface area contributed by atoms with Gasteiger partial charge in [0.05, 0.1) is 0 Å². The number of hydrogen-bond acceptors (Lipinski definition) is 2. The Morgan fingerprint density at radius 2 is 0.917 bits per heavy atom. The molecular formula is C22H48N2. The fourth-order valence-electron chi connectivity index (χ4n) is 3.51. The van der Waals surface area contributed by atoms with Gasteiger partial charge in [0, 0.05) is 12.6 Å². The SMILES string of the molecule is CCCCCCCCCCCCCCCCCCC(CN)N(C)C. The lowest BCUT2D eigenvalue weighted by atomic mass is 10.0. The predicted octanol–water partition coefficient (Wildman–Crippen LogP) is 6.53. The zero-order valence-electron chi connectivity index (χ0n) is 17.3. The lowest BCUT2D eigenvalue weighted by molar-refractivity contribution is 0.277. The Balaban J connectivity index is 3.10. The highest BCUT2D eigenvalue weighted by Gasteiger charge is 2.07. The summed E-state index contributed by atoms with van der Waals surface area (Å²) in [6.07, 6.45) is 24.3. The van der Waals surface area contributed by atoms with Crippen molar-refractivity contribution >= 4 is 0 Å². The van der Waals surface area contributed by atoms with E-state index in [0.29, 0.717) is 6.04 Å². The van der Waals surface area contributed by atoms with Gasteiger partial charge >= 0.3 is 0 Å². The van der Waals surface area contributed by atoms with Crippen molar-refractivity contribution in [1.82, 2.24) is 4.90 Å². The Hall–Kier alpha value is -0.0800.